The van der Waals surface area contributed by atoms with Crippen LogP contribution in [0.15, 0.2) is 16.7 Å². The lowest BCUT2D eigenvalue weighted by Crippen LogP contribution is -2.16. The van der Waals surface area contributed by atoms with Crippen LogP contribution in [0.3, 0.4) is 0 Å². The molecule has 0 spiro atoms. The molecular formula is C13H17N5O2. The number of carbonyl (C=O) groups excluding carboxylic acids is 1. The van der Waals surface area contributed by atoms with Gasteiger partial charge in [0.05, 0.1) is 17.4 Å². The molecule has 0 saturated carbocycles. The minimum absolute atomic E-state index is 0.112. The Morgan fingerprint density at radius 2 is 2.10 bits per heavy atom. The van der Waals surface area contributed by atoms with E-state index in [4.69, 9.17) is 16.0 Å². The highest BCUT2D eigenvalue weighted by Gasteiger charge is 2.18. The van der Waals surface area contributed by atoms with E-state index in [1.54, 1.807) is 6.07 Å². The quantitative estimate of drug-likeness (QED) is 0.778. The third-order valence-corrected chi connectivity index (χ3v) is 3.05. The number of primary amides is 1. The average molecular weight is 275 g/mol. The van der Waals surface area contributed by atoms with E-state index >= 15 is 0 Å². The van der Waals surface area contributed by atoms with Gasteiger partial charge in [0.15, 0.2) is 5.82 Å². The van der Waals surface area contributed by atoms with Crippen LogP contribution in [-0.4, -0.2) is 16.0 Å². The Morgan fingerprint density at radius 1 is 1.40 bits per heavy atom. The van der Waals surface area contributed by atoms with Crippen molar-refractivity contribution in [3.63, 3.8) is 0 Å². The molecule has 0 aromatic carbocycles. The molecule has 1 atom stereocenters. The van der Waals surface area contributed by atoms with Gasteiger partial charge in [0.2, 0.25) is 0 Å². The van der Waals surface area contributed by atoms with Crippen molar-refractivity contribution in [2.75, 3.05) is 11.1 Å². The summed E-state index contributed by atoms with van der Waals surface area (Å²) in [5.41, 5.74) is 13.4. The van der Waals surface area contributed by atoms with Crippen molar-refractivity contribution in [3.05, 3.63) is 34.8 Å². The minimum atomic E-state index is -0.599. The molecule has 2 aromatic heterocycles. The topological polar surface area (TPSA) is 120 Å². The largest absolute Gasteiger partial charge is 0.396 e. The average Bonchev–Trinajstić information content (AvgIpc) is 2.71. The van der Waals surface area contributed by atoms with Gasteiger partial charge >= 0.3 is 0 Å². The summed E-state index contributed by atoms with van der Waals surface area (Å²) in [4.78, 5) is 15.3. The summed E-state index contributed by atoms with van der Waals surface area (Å²) in [7, 11) is 0. The number of anilines is 2. The molecule has 0 aliphatic rings. The SMILES string of the molecule is Cc1noc(C)c1C(C)Nc1nc(C(N)=O)ccc1N. The lowest BCUT2D eigenvalue weighted by atomic mass is 10.1. The minimum Gasteiger partial charge on any atom is -0.396 e. The molecule has 5 N–H and O–H groups in total. The number of carbonyl (C=O) groups is 1. The molecule has 1 amide bonds. The van der Waals surface area contributed by atoms with Crippen LogP contribution in [-0.2, 0) is 0 Å². The number of nitrogen functional groups attached to an aromatic ring is 1. The molecule has 0 radical (unpaired) electrons. The first-order chi connectivity index (χ1) is 9.40. The van der Waals surface area contributed by atoms with Crippen LogP contribution in [0.5, 0.6) is 0 Å². The van der Waals surface area contributed by atoms with Crippen molar-refractivity contribution in [1.29, 1.82) is 0 Å². The van der Waals surface area contributed by atoms with E-state index in [1.807, 2.05) is 20.8 Å². The maximum Gasteiger partial charge on any atom is 0.267 e. The second kappa shape index (κ2) is 5.20. The van der Waals surface area contributed by atoms with E-state index in [9.17, 15) is 4.79 Å². The van der Waals surface area contributed by atoms with E-state index in [0.29, 0.717) is 11.5 Å². The zero-order chi connectivity index (χ0) is 14.9. The molecule has 2 heterocycles. The first-order valence-corrected chi connectivity index (χ1v) is 6.15. The number of pyridine rings is 1. The number of amides is 1. The number of nitrogens with one attached hydrogen (secondary N) is 1. The van der Waals surface area contributed by atoms with Crippen molar-refractivity contribution < 1.29 is 9.32 Å². The van der Waals surface area contributed by atoms with Crippen molar-refractivity contribution in [1.82, 2.24) is 10.1 Å². The molecule has 2 aromatic rings. The molecule has 7 heteroatoms. The Morgan fingerprint density at radius 3 is 2.65 bits per heavy atom. The van der Waals surface area contributed by atoms with Gasteiger partial charge in [-0.15, -0.1) is 0 Å². The Balaban J connectivity index is 2.30. The highest BCUT2D eigenvalue weighted by Crippen LogP contribution is 2.26. The molecule has 0 aliphatic heterocycles. The Bertz CT molecular complexity index is 631. The Hall–Kier alpha value is -2.57. The Kier molecular flexibility index (Phi) is 3.60. The van der Waals surface area contributed by atoms with Gasteiger partial charge in [0.1, 0.15) is 11.5 Å². The first-order valence-electron chi connectivity index (χ1n) is 6.15. The zero-order valence-electron chi connectivity index (χ0n) is 11.6. The first kappa shape index (κ1) is 13.9. The number of aryl methyl sites for hydroxylation is 2. The van der Waals surface area contributed by atoms with Gasteiger partial charge in [-0.2, -0.15) is 0 Å². The third kappa shape index (κ3) is 2.56. The monoisotopic (exact) mass is 275 g/mol. The van der Waals surface area contributed by atoms with Crippen LogP contribution >= 0.6 is 0 Å². The molecule has 20 heavy (non-hydrogen) atoms. The highest BCUT2D eigenvalue weighted by atomic mass is 16.5. The summed E-state index contributed by atoms with van der Waals surface area (Å²) in [6.07, 6.45) is 0. The van der Waals surface area contributed by atoms with Crippen LogP contribution in [0.2, 0.25) is 0 Å². The summed E-state index contributed by atoms with van der Waals surface area (Å²) >= 11 is 0. The van der Waals surface area contributed by atoms with Crippen molar-refractivity contribution >= 4 is 17.4 Å². The molecule has 2 rings (SSSR count). The number of rotatable bonds is 4. The summed E-state index contributed by atoms with van der Waals surface area (Å²) in [5.74, 6) is 0.541. The normalized spacial score (nSPS) is 12.2. The van der Waals surface area contributed by atoms with Gasteiger partial charge < -0.3 is 21.3 Å². The molecule has 1 unspecified atom stereocenters. The van der Waals surface area contributed by atoms with Crippen LogP contribution in [0.1, 0.15) is 40.5 Å². The molecule has 0 bridgehead atoms. The van der Waals surface area contributed by atoms with E-state index in [0.717, 1.165) is 17.0 Å². The fourth-order valence-electron chi connectivity index (χ4n) is 2.11. The van der Waals surface area contributed by atoms with E-state index in [2.05, 4.69) is 15.5 Å². The number of hydrogen-bond acceptors (Lipinski definition) is 6. The van der Waals surface area contributed by atoms with Gasteiger partial charge in [-0.25, -0.2) is 4.98 Å². The van der Waals surface area contributed by atoms with Crippen molar-refractivity contribution in [2.24, 2.45) is 5.73 Å². The fraction of sp³-hybridized carbons (Fsp3) is 0.308. The van der Waals surface area contributed by atoms with Gasteiger partial charge in [0, 0.05) is 5.56 Å². The zero-order valence-corrected chi connectivity index (χ0v) is 11.6. The molecule has 106 valence electrons. The van der Waals surface area contributed by atoms with Crippen LogP contribution in [0, 0.1) is 13.8 Å². The number of hydrogen-bond donors (Lipinski definition) is 3. The lowest BCUT2D eigenvalue weighted by molar-refractivity contribution is 0.0995. The fourth-order valence-corrected chi connectivity index (χ4v) is 2.11. The molecule has 0 aliphatic carbocycles. The van der Waals surface area contributed by atoms with Crippen LogP contribution in [0.25, 0.3) is 0 Å². The van der Waals surface area contributed by atoms with Gasteiger partial charge in [-0.1, -0.05) is 5.16 Å². The second-order valence-corrected chi connectivity index (χ2v) is 4.60. The molecule has 7 nitrogen and oxygen atoms in total. The summed E-state index contributed by atoms with van der Waals surface area (Å²) < 4.78 is 5.13. The highest BCUT2D eigenvalue weighted by molar-refractivity contribution is 5.91. The van der Waals surface area contributed by atoms with E-state index < -0.39 is 5.91 Å². The molecule has 0 fully saturated rings. The smallest absolute Gasteiger partial charge is 0.267 e. The number of nitrogens with zero attached hydrogens (tertiary/aromatic N) is 2. The standard InChI is InChI=1S/C13H17N5O2/c1-6(11-7(2)18-20-8(11)3)16-13-9(14)4-5-10(17-13)12(15)19/h4-6H,14H2,1-3H3,(H2,15,19)(H,16,17). The van der Waals surface area contributed by atoms with Crippen molar-refractivity contribution in [2.45, 2.75) is 26.8 Å². The number of nitrogens with two attached hydrogens (primary N) is 2. The summed E-state index contributed by atoms with van der Waals surface area (Å²) in [6.45, 7) is 5.63. The molecular weight excluding hydrogens is 258 g/mol. The Labute approximate surface area is 116 Å². The van der Waals surface area contributed by atoms with Crippen LogP contribution < -0.4 is 16.8 Å². The van der Waals surface area contributed by atoms with Gasteiger partial charge in [-0.3, -0.25) is 4.79 Å². The van der Waals surface area contributed by atoms with Gasteiger partial charge in [-0.05, 0) is 32.9 Å². The number of aromatic nitrogens is 2. The predicted molar refractivity (Wildman–Crippen MR) is 75.2 cm³/mol. The van der Waals surface area contributed by atoms with E-state index in [1.165, 1.54) is 6.07 Å². The lowest BCUT2D eigenvalue weighted by Gasteiger charge is -2.16. The predicted octanol–water partition coefficient (Wildman–Crippen LogP) is 1.54. The summed E-state index contributed by atoms with van der Waals surface area (Å²) in [5, 5.41) is 7.05. The van der Waals surface area contributed by atoms with Crippen molar-refractivity contribution in [3.8, 4) is 0 Å². The summed E-state index contributed by atoms with van der Waals surface area (Å²) in [6, 6.07) is 2.97. The van der Waals surface area contributed by atoms with E-state index in [-0.39, 0.29) is 11.7 Å². The van der Waals surface area contributed by atoms with Gasteiger partial charge in [0.25, 0.3) is 5.91 Å². The molecule has 0 saturated heterocycles. The maximum absolute atomic E-state index is 11.2. The van der Waals surface area contributed by atoms with Crippen LogP contribution in [0.4, 0.5) is 11.5 Å². The maximum atomic E-state index is 11.2. The third-order valence-electron chi connectivity index (χ3n) is 3.05. The second-order valence-electron chi connectivity index (χ2n) is 4.60.